The fourth-order valence-corrected chi connectivity index (χ4v) is 4.97. The SMILES string of the molecule is Cc1nc(N2CCC3(CC2)CO[C@@H](C)[C@H]3N)cc(=O)n1-c1cccc(Cl)c1Br. The molecule has 0 radical (unpaired) electrons. The van der Waals surface area contributed by atoms with Crippen LogP contribution < -0.4 is 16.2 Å². The molecule has 1 aromatic heterocycles. The lowest BCUT2D eigenvalue weighted by Crippen LogP contribution is -2.51. The molecule has 3 heterocycles. The van der Waals surface area contributed by atoms with Crippen molar-refractivity contribution in [2.75, 3.05) is 24.6 Å². The van der Waals surface area contributed by atoms with Crippen molar-refractivity contribution in [2.45, 2.75) is 38.8 Å². The van der Waals surface area contributed by atoms with Gasteiger partial charge in [-0.2, -0.15) is 0 Å². The molecule has 0 bridgehead atoms. The molecule has 2 aromatic rings. The maximum Gasteiger partial charge on any atom is 0.260 e. The zero-order valence-electron chi connectivity index (χ0n) is 16.0. The summed E-state index contributed by atoms with van der Waals surface area (Å²) in [4.78, 5) is 19.8. The molecule has 2 atom stereocenters. The summed E-state index contributed by atoms with van der Waals surface area (Å²) in [5.41, 5.74) is 7.02. The van der Waals surface area contributed by atoms with E-state index < -0.39 is 0 Å². The molecular weight excluding hydrogens is 444 g/mol. The first-order chi connectivity index (χ1) is 13.3. The van der Waals surface area contributed by atoms with Crippen LogP contribution in [0.1, 0.15) is 25.6 Å². The van der Waals surface area contributed by atoms with Crippen LogP contribution in [0.2, 0.25) is 5.02 Å². The predicted molar refractivity (Wildman–Crippen MR) is 115 cm³/mol. The van der Waals surface area contributed by atoms with Crippen LogP contribution >= 0.6 is 27.5 Å². The standard InChI is InChI=1S/C20H24BrClN4O2/c1-12-19(23)20(11-28-12)6-8-25(9-7-20)16-10-17(27)26(13(2)24-16)15-5-3-4-14(22)18(15)21/h3-5,10,12,19H,6-9,11,23H2,1-2H3/t12-,19+/m0/s1. The maximum absolute atomic E-state index is 12.9. The fraction of sp³-hybridized carbons (Fsp3) is 0.500. The van der Waals surface area contributed by atoms with Crippen molar-refractivity contribution < 1.29 is 4.74 Å². The minimum absolute atomic E-state index is 0.0472. The molecule has 1 spiro atoms. The minimum atomic E-state index is -0.125. The summed E-state index contributed by atoms with van der Waals surface area (Å²) < 4.78 is 8.05. The molecule has 0 saturated carbocycles. The van der Waals surface area contributed by atoms with E-state index in [0.717, 1.165) is 32.5 Å². The molecule has 2 aliphatic heterocycles. The smallest absolute Gasteiger partial charge is 0.260 e. The number of nitrogens with zero attached hydrogens (tertiary/aromatic N) is 3. The molecule has 2 N–H and O–H groups in total. The third kappa shape index (κ3) is 3.28. The van der Waals surface area contributed by atoms with Crippen LogP contribution in [0.3, 0.4) is 0 Å². The van der Waals surface area contributed by atoms with E-state index in [1.807, 2.05) is 26.0 Å². The summed E-state index contributed by atoms with van der Waals surface area (Å²) in [5, 5.41) is 0.554. The van der Waals surface area contributed by atoms with Gasteiger partial charge in [0.2, 0.25) is 0 Å². The van der Waals surface area contributed by atoms with E-state index in [-0.39, 0.29) is 23.1 Å². The highest BCUT2D eigenvalue weighted by Crippen LogP contribution is 2.41. The lowest BCUT2D eigenvalue weighted by Gasteiger charge is -2.41. The van der Waals surface area contributed by atoms with Crippen molar-refractivity contribution in [3.8, 4) is 5.69 Å². The number of hydrogen-bond donors (Lipinski definition) is 1. The lowest BCUT2D eigenvalue weighted by atomic mass is 9.73. The normalized spacial score (nSPS) is 24.1. The Balaban J connectivity index is 1.60. The molecule has 8 heteroatoms. The number of aryl methyl sites for hydroxylation is 1. The summed E-state index contributed by atoms with van der Waals surface area (Å²) in [6.45, 7) is 6.25. The number of hydrogen-bond acceptors (Lipinski definition) is 5. The molecule has 2 fully saturated rings. The number of benzene rings is 1. The van der Waals surface area contributed by atoms with Gasteiger partial charge in [-0.25, -0.2) is 4.98 Å². The Hall–Kier alpha value is -1.41. The van der Waals surface area contributed by atoms with Crippen LogP contribution in [0.15, 0.2) is 33.5 Å². The second-order valence-corrected chi connectivity index (χ2v) is 9.00. The number of anilines is 1. The topological polar surface area (TPSA) is 73.4 Å². The number of rotatable bonds is 2. The molecule has 2 saturated heterocycles. The van der Waals surface area contributed by atoms with E-state index in [0.29, 0.717) is 26.8 Å². The average Bonchev–Trinajstić information content (AvgIpc) is 2.94. The monoisotopic (exact) mass is 466 g/mol. The molecule has 6 nitrogen and oxygen atoms in total. The van der Waals surface area contributed by atoms with Gasteiger partial charge in [0.1, 0.15) is 11.6 Å². The van der Waals surface area contributed by atoms with Gasteiger partial charge in [-0.1, -0.05) is 17.7 Å². The molecule has 4 rings (SSSR count). The third-order valence-corrected chi connectivity index (χ3v) is 7.55. The highest BCUT2D eigenvalue weighted by Gasteiger charge is 2.47. The van der Waals surface area contributed by atoms with Crippen LogP contribution in [0, 0.1) is 12.3 Å². The largest absolute Gasteiger partial charge is 0.376 e. The Morgan fingerprint density at radius 1 is 1.36 bits per heavy atom. The summed E-state index contributed by atoms with van der Waals surface area (Å²) in [7, 11) is 0. The second-order valence-electron chi connectivity index (χ2n) is 7.80. The summed E-state index contributed by atoms with van der Waals surface area (Å²) in [6.07, 6.45) is 2.00. The van der Waals surface area contributed by atoms with Crippen molar-refractivity contribution in [3.05, 3.63) is 49.9 Å². The Morgan fingerprint density at radius 2 is 2.07 bits per heavy atom. The first kappa shape index (κ1) is 19.9. The van der Waals surface area contributed by atoms with Crippen molar-refractivity contribution in [1.29, 1.82) is 0 Å². The van der Waals surface area contributed by atoms with E-state index in [4.69, 9.17) is 27.1 Å². The molecule has 0 aliphatic carbocycles. The van der Waals surface area contributed by atoms with Gasteiger partial charge in [-0.15, -0.1) is 0 Å². The number of ether oxygens (including phenoxy) is 1. The number of piperidine rings is 1. The second kappa shape index (κ2) is 7.44. The number of nitrogens with two attached hydrogens (primary N) is 1. The van der Waals surface area contributed by atoms with Gasteiger partial charge in [0, 0.05) is 30.6 Å². The Morgan fingerprint density at radius 3 is 2.68 bits per heavy atom. The van der Waals surface area contributed by atoms with Gasteiger partial charge >= 0.3 is 0 Å². The van der Waals surface area contributed by atoms with Gasteiger partial charge in [-0.3, -0.25) is 9.36 Å². The molecular formula is C20H24BrClN4O2. The van der Waals surface area contributed by atoms with Gasteiger partial charge in [-0.05, 0) is 54.8 Å². The fourth-order valence-electron chi connectivity index (χ4n) is 4.36. The Bertz CT molecular complexity index is 956. The summed E-state index contributed by atoms with van der Waals surface area (Å²) in [5.74, 6) is 1.34. The van der Waals surface area contributed by atoms with Crippen LogP contribution in [-0.2, 0) is 4.74 Å². The summed E-state index contributed by atoms with van der Waals surface area (Å²) >= 11 is 9.66. The van der Waals surface area contributed by atoms with Crippen LogP contribution in [0.5, 0.6) is 0 Å². The van der Waals surface area contributed by atoms with Crippen molar-refractivity contribution in [1.82, 2.24) is 9.55 Å². The van der Waals surface area contributed by atoms with E-state index >= 15 is 0 Å². The third-order valence-electron chi connectivity index (χ3n) is 6.17. The van der Waals surface area contributed by atoms with Crippen molar-refractivity contribution in [2.24, 2.45) is 11.1 Å². The van der Waals surface area contributed by atoms with Gasteiger partial charge in [0.15, 0.2) is 0 Å². The van der Waals surface area contributed by atoms with Crippen molar-refractivity contribution >= 4 is 33.3 Å². The molecule has 0 unspecified atom stereocenters. The number of aromatic nitrogens is 2. The van der Waals surface area contributed by atoms with Crippen molar-refractivity contribution in [3.63, 3.8) is 0 Å². The molecule has 2 aliphatic rings. The van der Waals surface area contributed by atoms with E-state index in [1.165, 1.54) is 0 Å². The first-order valence-corrected chi connectivity index (χ1v) is 10.7. The van der Waals surface area contributed by atoms with Crippen LogP contribution in [0.25, 0.3) is 5.69 Å². The van der Waals surface area contributed by atoms with E-state index in [9.17, 15) is 4.79 Å². The minimum Gasteiger partial charge on any atom is -0.376 e. The highest BCUT2D eigenvalue weighted by atomic mass is 79.9. The average molecular weight is 468 g/mol. The van der Waals surface area contributed by atoms with E-state index in [1.54, 1.807) is 16.7 Å². The quantitative estimate of drug-likeness (QED) is 0.734. The zero-order chi connectivity index (χ0) is 20.1. The van der Waals surface area contributed by atoms with Gasteiger partial charge in [0.05, 0.1) is 27.9 Å². The Kier molecular flexibility index (Phi) is 5.29. The Labute approximate surface area is 177 Å². The van der Waals surface area contributed by atoms with E-state index in [2.05, 4.69) is 20.8 Å². The van der Waals surface area contributed by atoms with Gasteiger partial charge in [0.25, 0.3) is 5.56 Å². The molecule has 1 aromatic carbocycles. The molecule has 0 amide bonds. The van der Waals surface area contributed by atoms with Crippen LogP contribution in [-0.4, -0.2) is 41.4 Å². The first-order valence-electron chi connectivity index (χ1n) is 9.50. The van der Waals surface area contributed by atoms with Crippen LogP contribution in [0.4, 0.5) is 5.82 Å². The highest BCUT2D eigenvalue weighted by molar-refractivity contribution is 9.10. The number of halogens is 2. The lowest BCUT2D eigenvalue weighted by molar-refractivity contribution is 0.0974. The predicted octanol–water partition coefficient (Wildman–Crippen LogP) is 3.29. The summed E-state index contributed by atoms with van der Waals surface area (Å²) in [6, 6.07) is 7.11. The van der Waals surface area contributed by atoms with Gasteiger partial charge < -0.3 is 15.4 Å². The zero-order valence-corrected chi connectivity index (χ0v) is 18.3. The molecule has 28 heavy (non-hydrogen) atoms. The molecule has 150 valence electrons. The maximum atomic E-state index is 12.9.